The van der Waals surface area contributed by atoms with E-state index in [0.717, 1.165) is 11.3 Å². The Labute approximate surface area is 154 Å². The van der Waals surface area contributed by atoms with Crippen LogP contribution in [0.25, 0.3) is 11.3 Å². The largest absolute Gasteiger partial charge is 0.369 e. The fraction of sp³-hybridized carbons (Fsp3) is 0. The maximum Gasteiger partial charge on any atom is 0.257 e. The summed E-state index contributed by atoms with van der Waals surface area (Å²) in [5, 5.41) is 3.57. The van der Waals surface area contributed by atoms with Crippen molar-refractivity contribution >= 4 is 53.2 Å². The third-order valence-corrected chi connectivity index (χ3v) is 3.77. The lowest BCUT2D eigenvalue weighted by Crippen LogP contribution is -2.12. The molecule has 0 saturated heterocycles. The molecule has 0 atom stereocenters. The first-order chi connectivity index (χ1) is 11.0. The smallest absolute Gasteiger partial charge is 0.257 e. The summed E-state index contributed by atoms with van der Waals surface area (Å²) in [7, 11) is 0. The van der Waals surface area contributed by atoms with E-state index in [0.29, 0.717) is 27.2 Å². The topological polar surface area (TPSA) is 83.8 Å². The van der Waals surface area contributed by atoms with Crippen molar-refractivity contribution in [2.75, 3.05) is 11.1 Å². The van der Waals surface area contributed by atoms with Crippen molar-refractivity contribution in [1.29, 1.82) is 0 Å². The van der Waals surface area contributed by atoms with Gasteiger partial charge in [-0.05, 0) is 35.9 Å². The monoisotopic (exact) mass is 382 g/mol. The van der Waals surface area contributed by atoms with E-state index in [1.807, 2.05) is 12.1 Å². The molecule has 24 heavy (non-hydrogen) atoms. The summed E-state index contributed by atoms with van der Waals surface area (Å²) in [6.07, 6.45) is 1.65. The zero-order valence-corrected chi connectivity index (χ0v) is 14.5. The van der Waals surface area contributed by atoms with Crippen molar-refractivity contribution in [1.82, 2.24) is 9.97 Å². The van der Waals surface area contributed by atoms with Crippen LogP contribution in [-0.4, -0.2) is 15.9 Å². The molecule has 1 aromatic heterocycles. The standard InChI is InChI=1S/C16H12Cl2N4O.ClH/c17-10-3-6-12(13(18)7-10)15(23)21-11-4-1-9(2-5-11)14-8-20-16(19)22-14;/h1-8H,(H,21,23)(H3,19,20,22);1H. The van der Waals surface area contributed by atoms with Gasteiger partial charge in [0.25, 0.3) is 5.91 Å². The van der Waals surface area contributed by atoms with Crippen LogP contribution in [0.15, 0.2) is 48.7 Å². The summed E-state index contributed by atoms with van der Waals surface area (Å²) in [4.78, 5) is 19.1. The Bertz CT molecular complexity index is 862. The van der Waals surface area contributed by atoms with Crippen molar-refractivity contribution in [3.05, 3.63) is 64.3 Å². The minimum absolute atomic E-state index is 0. The van der Waals surface area contributed by atoms with Crippen LogP contribution in [0.4, 0.5) is 11.6 Å². The second-order valence-electron chi connectivity index (χ2n) is 4.84. The highest BCUT2D eigenvalue weighted by Gasteiger charge is 2.11. The van der Waals surface area contributed by atoms with E-state index in [2.05, 4.69) is 15.3 Å². The van der Waals surface area contributed by atoms with Crippen LogP contribution in [0.1, 0.15) is 10.4 Å². The number of nitrogens with one attached hydrogen (secondary N) is 2. The first-order valence-corrected chi connectivity index (χ1v) is 7.46. The Morgan fingerprint density at radius 3 is 2.42 bits per heavy atom. The number of halogens is 3. The van der Waals surface area contributed by atoms with Crippen LogP contribution in [0.2, 0.25) is 10.0 Å². The number of benzene rings is 2. The highest BCUT2D eigenvalue weighted by Crippen LogP contribution is 2.23. The first-order valence-electron chi connectivity index (χ1n) is 6.70. The van der Waals surface area contributed by atoms with Crippen LogP contribution in [0.3, 0.4) is 0 Å². The molecule has 4 N–H and O–H groups in total. The van der Waals surface area contributed by atoms with Crippen LogP contribution in [0, 0.1) is 0 Å². The number of hydrogen-bond acceptors (Lipinski definition) is 3. The lowest BCUT2D eigenvalue weighted by Gasteiger charge is -2.08. The van der Waals surface area contributed by atoms with Crippen molar-refractivity contribution in [2.24, 2.45) is 0 Å². The van der Waals surface area contributed by atoms with E-state index in [1.165, 1.54) is 6.07 Å². The summed E-state index contributed by atoms with van der Waals surface area (Å²) in [5.74, 6) is 0.0555. The fourth-order valence-corrected chi connectivity index (χ4v) is 2.58. The molecule has 0 aliphatic carbocycles. The average molecular weight is 384 g/mol. The quantitative estimate of drug-likeness (QED) is 0.616. The molecule has 0 unspecified atom stereocenters. The number of amides is 1. The second kappa shape index (κ2) is 7.57. The first kappa shape index (κ1) is 18.1. The van der Waals surface area contributed by atoms with Crippen LogP contribution < -0.4 is 11.1 Å². The summed E-state index contributed by atoms with van der Waals surface area (Å²) >= 11 is 11.9. The third kappa shape index (κ3) is 4.00. The van der Waals surface area contributed by atoms with Crippen LogP contribution >= 0.6 is 35.6 Å². The summed E-state index contributed by atoms with van der Waals surface area (Å²) in [6.45, 7) is 0. The number of hydrogen-bond donors (Lipinski definition) is 3. The highest BCUT2D eigenvalue weighted by molar-refractivity contribution is 6.37. The minimum Gasteiger partial charge on any atom is -0.369 e. The van der Waals surface area contributed by atoms with Crippen molar-refractivity contribution in [3.8, 4) is 11.3 Å². The molecule has 3 rings (SSSR count). The van der Waals surface area contributed by atoms with E-state index in [9.17, 15) is 4.79 Å². The Hall–Kier alpha value is -2.21. The number of anilines is 2. The number of rotatable bonds is 3. The van der Waals surface area contributed by atoms with Crippen molar-refractivity contribution < 1.29 is 4.79 Å². The minimum atomic E-state index is -0.301. The Balaban J connectivity index is 0.00000208. The van der Waals surface area contributed by atoms with Gasteiger partial charge in [0.1, 0.15) is 0 Å². The second-order valence-corrected chi connectivity index (χ2v) is 5.68. The maximum atomic E-state index is 12.2. The molecular weight excluding hydrogens is 371 g/mol. The van der Waals surface area contributed by atoms with Gasteiger partial charge in [-0.3, -0.25) is 4.79 Å². The molecule has 1 heterocycles. The van der Waals surface area contributed by atoms with Crippen LogP contribution in [0.5, 0.6) is 0 Å². The molecule has 3 aromatic rings. The molecule has 0 aliphatic heterocycles. The van der Waals surface area contributed by atoms with Crippen molar-refractivity contribution in [3.63, 3.8) is 0 Å². The van der Waals surface area contributed by atoms with Crippen LogP contribution in [-0.2, 0) is 0 Å². The van der Waals surface area contributed by atoms with Gasteiger partial charge in [0.2, 0.25) is 0 Å². The van der Waals surface area contributed by atoms with Gasteiger partial charge in [0, 0.05) is 10.7 Å². The molecule has 0 fully saturated rings. The number of aromatic nitrogens is 2. The predicted molar refractivity (Wildman–Crippen MR) is 100 cm³/mol. The number of nitrogens with zero attached hydrogens (tertiary/aromatic N) is 1. The van der Waals surface area contributed by atoms with Gasteiger partial charge in [0.15, 0.2) is 5.95 Å². The summed E-state index contributed by atoms with van der Waals surface area (Å²) in [6, 6.07) is 12.0. The molecule has 1 amide bonds. The summed E-state index contributed by atoms with van der Waals surface area (Å²) in [5.41, 5.74) is 8.29. The Kier molecular flexibility index (Phi) is 5.72. The van der Waals surface area contributed by atoms with E-state index in [1.54, 1.807) is 30.5 Å². The molecule has 5 nitrogen and oxygen atoms in total. The predicted octanol–water partition coefficient (Wildman–Crippen LogP) is 4.64. The SMILES string of the molecule is Cl.Nc1ncc(-c2ccc(NC(=O)c3ccc(Cl)cc3Cl)cc2)[nH]1. The van der Waals surface area contributed by atoms with Gasteiger partial charge in [-0.25, -0.2) is 4.98 Å². The highest BCUT2D eigenvalue weighted by atomic mass is 35.5. The molecule has 0 bridgehead atoms. The summed E-state index contributed by atoms with van der Waals surface area (Å²) < 4.78 is 0. The number of H-pyrrole nitrogens is 1. The van der Waals surface area contributed by atoms with Crippen molar-refractivity contribution in [2.45, 2.75) is 0 Å². The molecule has 0 radical (unpaired) electrons. The number of imidazole rings is 1. The van der Waals surface area contributed by atoms with E-state index < -0.39 is 0 Å². The average Bonchev–Trinajstić information content (AvgIpc) is 2.94. The fourth-order valence-electron chi connectivity index (χ4n) is 2.09. The number of carbonyl (C=O) groups excluding carboxylic acids is 1. The molecule has 124 valence electrons. The molecule has 0 spiro atoms. The Morgan fingerprint density at radius 1 is 1.12 bits per heavy atom. The lowest BCUT2D eigenvalue weighted by molar-refractivity contribution is 0.102. The van der Waals surface area contributed by atoms with E-state index >= 15 is 0 Å². The number of carbonyl (C=O) groups is 1. The zero-order valence-electron chi connectivity index (χ0n) is 12.2. The Morgan fingerprint density at radius 2 is 1.83 bits per heavy atom. The van der Waals surface area contributed by atoms with E-state index in [4.69, 9.17) is 28.9 Å². The molecular formula is C16H13Cl3N4O. The van der Waals surface area contributed by atoms with Gasteiger partial charge >= 0.3 is 0 Å². The third-order valence-electron chi connectivity index (χ3n) is 3.23. The number of nitrogens with two attached hydrogens (primary N) is 1. The van der Waals surface area contributed by atoms with E-state index in [-0.39, 0.29) is 18.3 Å². The number of aromatic amines is 1. The van der Waals surface area contributed by atoms with Gasteiger partial charge in [0.05, 0.1) is 22.5 Å². The van der Waals surface area contributed by atoms with Gasteiger partial charge in [-0.1, -0.05) is 35.3 Å². The van der Waals surface area contributed by atoms with Gasteiger partial charge < -0.3 is 16.0 Å². The molecule has 0 aliphatic rings. The molecule has 0 saturated carbocycles. The maximum absolute atomic E-state index is 12.2. The lowest BCUT2D eigenvalue weighted by atomic mass is 10.1. The normalized spacial score (nSPS) is 10.1. The molecule has 8 heteroatoms. The van der Waals surface area contributed by atoms with Gasteiger partial charge in [-0.15, -0.1) is 12.4 Å². The molecule has 2 aromatic carbocycles. The zero-order chi connectivity index (χ0) is 16.4. The number of nitrogen functional groups attached to an aromatic ring is 1. The van der Waals surface area contributed by atoms with Gasteiger partial charge in [-0.2, -0.15) is 0 Å².